The van der Waals surface area contributed by atoms with Gasteiger partial charge in [0.2, 0.25) is 5.91 Å². The Morgan fingerprint density at radius 1 is 1.20 bits per heavy atom. The van der Waals surface area contributed by atoms with E-state index in [1.165, 1.54) is 0 Å². The number of rotatable bonds is 4. The lowest BCUT2D eigenvalue weighted by Crippen LogP contribution is -2.51. The Hall–Kier alpha value is -1.17. The number of benzene rings is 1. The molecule has 2 aliphatic rings. The number of methoxy groups -OCH3 is 1. The van der Waals surface area contributed by atoms with Crippen LogP contribution in [-0.2, 0) is 4.79 Å². The highest BCUT2D eigenvalue weighted by atomic mass is 35.5. The Kier molecular flexibility index (Phi) is 8.83. The lowest BCUT2D eigenvalue weighted by molar-refractivity contribution is -0.136. The van der Waals surface area contributed by atoms with Gasteiger partial charge in [-0.1, -0.05) is 12.5 Å². The van der Waals surface area contributed by atoms with Crippen LogP contribution in [0.25, 0.3) is 0 Å². The van der Waals surface area contributed by atoms with Crippen molar-refractivity contribution in [2.45, 2.75) is 19.3 Å². The summed E-state index contributed by atoms with van der Waals surface area (Å²) in [5.41, 5.74) is 6.99. The number of hydrogen-bond acceptors (Lipinski definition) is 4. The zero-order valence-corrected chi connectivity index (χ0v) is 16.4. The molecule has 0 bridgehead atoms. The van der Waals surface area contributed by atoms with Gasteiger partial charge in [-0.15, -0.1) is 24.8 Å². The summed E-state index contributed by atoms with van der Waals surface area (Å²) in [5.74, 6) is 1.74. The molecular formula is C18H29Cl2N3O2. The number of carbonyl (C=O) groups is 1. The van der Waals surface area contributed by atoms with Gasteiger partial charge in [0.05, 0.1) is 7.11 Å². The molecule has 0 aromatic heterocycles. The molecule has 0 radical (unpaired) electrons. The Balaban J connectivity index is 0.00000156. The molecule has 1 aliphatic carbocycles. The first-order valence-corrected chi connectivity index (χ1v) is 8.60. The van der Waals surface area contributed by atoms with Crippen molar-refractivity contribution in [3.63, 3.8) is 0 Å². The van der Waals surface area contributed by atoms with Crippen LogP contribution in [0.2, 0.25) is 0 Å². The van der Waals surface area contributed by atoms with E-state index in [1.54, 1.807) is 7.11 Å². The summed E-state index contributed by atoms with van der Waals surface area (Å²) in [6, 6.07) is 8.12. The van der Waals surface area contributed by atoms with E-state index >= 15 is 0 Å². The van der Waals surface area contributed by atoms with Crippen molar-refractivity contribution in [1.29, 1.82) is 0 Å². The second kappa shape index (κ2) is 10.1. The van der Waals surface area contributed by atoms with Crippen LogP contribution in [0.15, 0.2) is 24.3 Å². The molecule has 1 heterocycles. The number of carbonyl (C=O) groups excluding carboxylic acids is 1. The number of nitrogens with two attached hydrogens (primary N) is 1. The van der Waals surface area contributed by atoms with Gasteiger partial charge >= 0.3 is 0 Å². The lowest BCUT2D eigenvalue weighted by Gasteiger charge is -2.38. The quantitative estimate of drug-likeness (QED) is 0.859. The first-order chi connectivity index (χ1) is 11.2. The molecular weight excluding hydrogens is 361 g/mol. The molecule has 0 unspecified atom stereocenters. The first kappa shape index (κ1) is 21.9. The van der Waals surface area contributed by atoms with Gasteiger partial charge in [-0.05, 0) is 37.4 Å². The van der Waals surface area contributed by atoms with Crippen LogP contribution in [0.3, 0.4) is 0 Å². The molecule has 1 saturated carbocycles. The van der Waals surface area contributed by atoms with E-state index in [0.717, 1.165) is 56.9 Å². The zero-order chi connectivity index (χ0) is 16.2. The number of anilines is 1. The Labute approximate surface area is 162 Å². The molecule has 2 atom stereocenters. The summed E-state index contributed by atoms with van der Waals surface area (Å²) < 4.78 is 5.29. The molecule has 142 valence electrons. The average molecular weight is 390 g/mol. The topological polar surface area (TPSA) is 58.8 Å². The molecule has 5 nitrogen and oxygen atoms in total. The van der Waals surface area contributed by atoms with Gasteiger partial charge in [0, 0.05) is 43.9 Å². The summed E-state index contributed by atoms with van der Waals surface area (Å²) in [5, 5.41) is 0. The van der Waals surface area contributed by atoms with Crippen molar-refractivity contribution in [2.75, 3.05) is 44.7 Å². The molecule has 3 rings (SSSR count). The first-order valence-electron chi connectivity index (χ1n) is 8.60. The molecule has 1 aromatic carbocycles. The van der Waals surface area contributed by atoms with Crippen LogP contribution in [-0.4, -0.2) is 50.6 Å². The smallest absolute Gasteiger partial charge is 0.226 e. The molecule has 1 aliphatic heterocycles. The maximum atomic E-state index is 12.7. The number of piperazine rings is 1. The molecule has 25 heavy (non-hydrogen) atoms. The van der Waals surface area contributed by atoms with Crippen molar-refractivity contribution < 1.29 is 9.53 Å². The molecule has 1 aromatic rings. The van der Waals surface area contributed by atoms with Gasteiger partial charge in [-0.3, -0.25) is 4.79 Å². The van der Waals surface area contributed by atoms with E-state index in [0.29, 0.717) is 18.4 Å². The van der Waals surface area contributed by atoms with Gasteiger partial charge in [-0.2, -0.15) is 0 Å². The van der Waals surface area contributed by atoms with E-state index in [-0.39, 0.29) is 30.7 Å². The second-order valence-electron chi connectivity index (χ2n) is 6.55. The average Bonchev–Trinajstić information content (AvgIpc) is 3.10. The number of nitrogens with zero attached hydrogens (tertiary/aromatic N) is 2. The van der Waals surface area contributed by atoms with Crippen molar-refractivity contribution in [3.05, 3.63) is 24.3 Å². The number of halogens is 2. The van der Waals surface area contributed by atoms with E-state index in [9.17, 15) is 4.79 Å². The third-order valence-electron chi connectivity index (χ3n) is 5.29. The number of ether oxygens (including phenoxy) is 1. The van der Waals surface area contributed by atoms with Crippen LogP contribution < -0.4 is 15.4 Å². The minimum Gasteiger partial charge on any atom is -0.497 e. The van der Waals surface area contributed by atoms with Crippen molar-refractivity contribution >= 4 is 36.4 Å². The van der Waals surface area contributed by atoms with Gasteiger partial charge in [-0.25, -0.2) is 0 Å². The number of amides is 1. The summed E-state index contributed by atoms with van der Waals surface area (Å²) in [6.45, 7) is 3.98. The Morgan fingerprint density at radius 2 is 1.92 bits per heavy atom. The summed E-state index contributed by atoms with van der Waals surface area (Å²) in [4.78, 5) is 17.1. The minimum absolute atomic E-state index is 0. The monoisotopic (exact) mass is 389 g/mol. The fourth-order valence-electron chi connectivity index (χ4n) is 3.87. The highest BCUT2D eigenvalue weighted by molar-refractivity contribution is 5.85. The molecule has 7 heteroatoms. The summed E-state index contributed by atoms with van der Waals surface area (Å²) in [6.07, 6.45) is 3.26. The third kappa shape index (κ3) is 4.93. The van der Waals surface area contributed by atoms with Gasteiger partial charge in [0.15, 0.2) is 0 Å². The molecule has 2 fully saturated rings. The minimum atomic E-state index is 0. The predicted molar refractivity (Wildman–Crippen MR) is 106 cm³/mol. The van der Waals surface area contributed by atoms with Crippen molar-refractivity contribution in [3.8, 4) is 5.75 Å². The summed E-state index contributed by atoms with van der Waals surface area (Å²) in [7, 11) is 1.69. The molecule has 0 spiro atoms. The van der Waals surface area contributed by atoms with Crippen LogP contribution >= 0.6 is 24.8 Å². The lowest BCUT2D eigenvalue weighted by atomic mass is 9.94. The Morgan fingerprint density at radius 3 is 2.56 bits per heavy atom. The largest absolute Gasteiger partial charge is 0.497 e. The van der Waals surface area contributed by atoms with Crippen LogP contribution in [0.4, 0.5) is 5.69 Å². The van der Waals surface area contributed by atoms with Crippen LogP contribution in [0.5, 0.6) is 5.75 Å². The zero-order valence-electron chi connectivity index (χ0n) is 14.7. The SMILES string of the molecule is COc1cccc(N2CCN(C(=O)[C@@H]3CCC[C@@H]3CN)CC2)c1.Cl.Cl. The standard InChI is InChI=1S/C18H27N3O2.2ClH/c1-23-16-6-3-5-15(12-16)20-8-10-21(11-9-20)18(22)17-7-2-4-14(17)13-19;;/h3,5-6,12,14,17H,2,4,7-11,13,19H2,1H3;2*1H/t14-,17-;;/m1../s1. The molecule has 1 amide bonds. The Bertz CT molecular complexity index is 551. The summed E-state index contributed by atoms with van der Waals surface area (Å²) >= 11 is 0. The highest BCUT2D eigenvalue weighted by Crippen LogP contribution is 2.33. The van der Waals surface area contributed by atoms with Crippen molar-refractivity contribution in [1.82, 2.24) is 4.90 Å². The van der Waals surface area contributed by atoms with Gasteiger partial charge in [0.1, 0.15) is 5.75 Å². The number of hydrogen-bond donors (Lipinski definition) is 1. The second-order valence-corrected chi connectivity index (χ2v) is 6.55. The molecule has 1 saturated heterocycles. The third-order valence-corrected chi connectivity index (χ3v) is 5.29. The van der Waals surface area contributed by atoms with Crippen LogP contribution in [0.1, 0.15) is 19.3 Å². The highest BCUT2D eigenvalue weighted by Gasteiger charge is 2.35. The molecule has 2 N–H and O–H groups in total. The van der Waals surface area contributed by atoms with E-state index < -0.39 is 0 Å². The fraction of sp³-hybridized carbons (Fsp3) is 0.611. The van der Waals surface area contributed by atoms with Gasteiger partial charge in [0.25, 0.3) is 0 Å². The van der Waals surface area contributed by atoms with E-state index in [2.05, 4.69) is 17.0 Å². The van der Waals surface area contributed by atoms with E-state index in [4.69, 9.17) is 10.5 Å². The normalized spacial score (nSPS) is 22.8. The van der Waals surface area contributed by atoms with Crippen LogP contribution in [0, 0.1) is 11.8 Å². The fourth-order valence-corrected chi connectivity index (χ4v) is 3.87. The van der Waals surface area contributed by atoms with Gasteiger partial charge < -0.3 is 20.3 Å². The van der Waals surface area contributed by atoms with Crippen molar-refractivity contribution in [2.24, 2.45) is 17.6 Å². The maximum absolute atomic E-state index is 12.7. The van der Waals surface area contributed by atoms with E-state index in [1.807, 2.05) is 17.0 Å². The predicted octanol–water partition coefficient (Wildman–Crippen LogP) is 2.56. The maximum Gasteiger partial charge on any atom is 0.226 e.